The van der Waals surface area contributed by atoms with Crippen LogP contribution in [0, 0.1) is 0 Å². The molecule has 36 heavy (non-hydrogen) atoms. The number of carbonyl (C=O) groups excluding carboxylic acids is 2. The molecule has 2 aromatic rings. The molecule has 0 fully saturated rings. The molecule has 0 saturated heterocycles. The second kappa shape index (κ2) is 14.7. The number of methoxy groups -OCH3 is 1. The van der Waals surface area contributed by atoms with Gasteiger partial charge in [0.1, 0.15) is 17.1 Å². The van der Waals surface area contributed by atoms with Crippen LogP contribution < -0.4 is 10.9 Å². The zero-order valence-electron chi connectivity index (χ0n) is 21.6. The minimum Gasteiger partial charge on any atom is -0.507 e. The average Bonchev–Trinajstić information content (AvgIpc) is 2.85. The number of amides is 1. The maximum Gasteiger partial charge on any atom is 0.410 e. The van der Waals surface area contributed by atoms with E-state index in [2.05, 4.69) is 23.0 Å². The van der Waals surface area contributed by atoms with E-state index in [1.54, 1.807) is 19.1 Å². The molecular weight excluding hydrogens is 458 g/mol. The minimum absolute atomic E-state index is 0.188. The summed E-state index contributed by atoms with van der Waals surface area (Å²) in [7, 11) is 1.28. The molecule has 2 rings (SSSR count). The van der Waals surface area contributed by atoms with E-state index >= 15 is 0 Å². The van der Waals surface area contributed by atoms with Crippen LogP contribution in [0.4, 0.5) is 4.79 Å². The Balaban J connectivity index is 2.09. The summed E-state index contributed by atoms with van der Waals surface area (Å²) in [5.41, 5.74) is 1.19. The zero-order chi connectivity index (χ0) is 26.5. The lowest BCUT2D eigenvalue weighted by Gasteiger charge is -2.11. The van der Waals surface area contributed by atoms with Crippen LogP contribution in [0.2, 0.25) is 0 Å². The standard InChI is InChI=1S/C29H37NO6/c1-5-6-7-8-13-22-14-11-15-23(18-22)17-21(3)27(32)26-24(31)19-25(36-28(26)33)20(2)12-9-10-16-30-29(34)35-4/h10-11,14-20,31H,5-9,12-13H2,1-4H3,(H,30,34)/b16-10+,21-17+. The molecule has 1 heterocycles. The summed E-state index contributed by atoms with van der Waals surface area (Å²) in [4.78, 5) is 36.6. The molecule has 2 N–H and O–H groups in total. The normalized spacial score (nSPS) is 12.5. The van der Waals surface area contributed by atoms with Crippen LogP contribution in [-0.2, 0) is 11.2 Å². The van der Waals surface area contributed by atoms with Gasteiger partial charge in [0, 0.05) is 18.2 Å². The third-order valence-electron chi connectivity index (χ3n) is 5.94. The van der Waals surface area contributed by atoms with Gasteiger partial charge in [0.05, 0.1) is 7.11 Å². The number of carbonyl (C=O) groups is 2. The number of rotatable bonds is 13. The van der Waals surface area contributed by atoms with Gasteiger partial charge in [-0.25, -0.2) is 9.59 Å². The summed E-state index contributed by atoms with van der Waals surface area (Å²) in [6, 6.07) is 9.33. The van der Waals surface area contributed by atoms with Crippen LogP contribution in [0.3, 0.4) is 0 Å². The first-order chi connectivity index (χ1) is 17.3. The molecule has 194 valence electrons. The molecule has 0 aliphatic heterocycles. The molecule has 1 unspecified atom stereocenters. The Kier molecular flexibility index (Phi) is 11.7. The van der Waals surface area contributed by atoms with Crippen molar-refractivity contribution in [3.8, 4) is 5.75 Å². The molecule has 7 nitrogen and oxygen atoms in total. The molecule has 1 aromatic heterocycles. The van der Waals surface area contributed by atoms with Crippen LogP contribution in [0.15, 0.2) is 57.4 Å². The molecular formula is C29H37NO6. The fourth-order valence-electron chi connectivity index (χ4n) is 3.82. The largest absolute Gasteiger partial charge is 0.507 e. The zero-order valence-corrected chi connectivity index (χ0v) is 21.6. The minimum atomic E-state index is -0.859. The molecule has 0 aliphatic carbocycles. The predicted octanol–water partition coefficient (Wildman–Crippen LogP) is 6.51. The third-order valence-corrected chi connectivity index (χ3v) is 5.94. The molecule has 0 aliphatic rings. The molecule has 1 amide bonds. The maximum absolute atomic E-state index is 13.0. The van der Waals surface area contributed by atoms with Gasteiger partial charge in [0.2, 0.25) is 0 Å². The van der Waals surface area contributed by atoms with Crippen molar-refractivity contribution in [2.75, 3.05) is 7.11 Å². The summed E-state index contributed by atoms with van der Waals surface area (Å²) < 4.78 is 9.86. The first kappa shape index (κ1) is 28.6. The Morgan fingerprint density at radius 2 is 1.97 bits per heavy atom. The van der Waals surface area contributed by atoms with Gasteiger partial charge in [0.15, 0.2) is 5.78 Å². The van der Waals surface area contributed by atoms with Crippen molar-refractivity contribution in [2.45, 2.75) is 71.6 Å². The third kappa shape index (κ3) is 8.87. The lowest BCUT2D eigenvalue weighted by molar-refractivity contribution is 0.102. The number of aryl methyl sites for hydroxylation is 1. The highest BCUT2D eigenvalue weighted by atomic mass is 16.5. The van der Waals surface area contributed by atoms with Crippen molar-refractivity contribution >= 4 is 18.0 Å². The molecule has 1 aromatic carbocycles. The Morgan fingerprint density at radius 1 is 1.19 bits per heavy atom. The Bertz CT molecular complexity index is 1140. The number of hydrogen-bond acceptors (Lipinski definition) is 6. The number of allylic oxidation sites excluding steroid dienone is 2. The Hall–Kier alpha value is -3.61. The number of Topliss-reactive ketones (excluding diaryl/α,β-unsaturated/α-hetero) is 1. The Morgan fingerprint density at radius 3 is 2.67 bits per heavy atom. The van der Waals surface area contributed by atoms with Gasteiger partial charge in [0.25, 0.3) is 0 Å². The number of ketones is 1. The molecule has 0 bridgehead atoms. The summed E-state index contributed by atoms with van der Waals surface area (Å²) >= 11 is 0. The van der Waals surface area contributed by atoms with Crippen LogP contribution >= 0.6 is 0 Å². The van der Waals surface area contributed by atoms with Crippen molar-refractivity contribution < 1.29 is 23.8 Å². The van der Waals surface area contributed by atoms with Gasteiger partial charge in [-0.3, -0.25) is 10.1 Å². The van der Waals surface area contributed by atoms with Crippen molar-refractivity contribution in [2.24, 2.45) is 0 Å². The van der Waals surface area contributed by atoms with E-state index in [0.29, 0.717) is 24.2 Å². The van der Waals surface area contributed by atoms with Gasteiger partial charge in [-0.05, 0) is 55.4 Å². The van der Waals surface area contributed by atoms with Crippen molar-refractivity contribution in [3.63, 3.8) is 0 Å². The average molecular weight is 496 g/mol. The number of nitrogens with one attached hydrogen (secondary N) is 1. The summed E-state index contributed by atoms with van der Waals surface area (Å²) in [6.07, 6.45) is 11.3. The summed E-state index contributed by atoms with van der Waals surface area (Å²) in [6.45, 7) is 5.66. The monoisotopic (exact) mass is 495 g/mol. The first-order valence-corrected chi connectivity index (χ1v) is 12.4. The second-order valence-corrected chi connectivity index (χ2v) is 8.93. The number of alkyl carbamates (subject to hydrolysis) is 1. The lowest BCUT2D eigenvalue weighted by Crippen LogP contribution is -2.17. The van der Waals surface area contributed by atoms with Gasteiger partial charge in [-0.1, -0.05) is 63.5 Å². The highest BCUT2D eigenvalue weighted by Gasteiger charge is 2.22. The molecule has 0 radical (unpaired) electrons. The van der Waals surface area contributed by atoms with Crippen molar-refractivity contribution in [1.82, 2.24) is 5.32 Å². The van der Waals surface area contributed by atoms with E-state index in [0.717, 1.165) is 18.4 Å². The lowest BCUT2D eigenvalue weighted by atomic mass is 9.98. The molecule has 0 spiro atoms. The smallest absolute Gasteiger partial charge is 0.410 e. The van der Waals surface area contributed by atoms with E-state index in [-0.39, 0.29) is 11.5 Å². The number of ether oxygens (including phenoxy) is 1. The van der Waals surface area contributed by atoms with Gasteiger partial charge in [-0.2, -0.15) is 0 Å². The fraction of sp³-hybridized carbons (Fsp3) is 0.414. The quantitative estimate of drug-likeness (QED) is 0.186. The number of unbranched alkanes of at least 4 members (excludes halogenated alkanes) is 3. The number of benzene rings is 1. The highest BCUT2D eigenvalue weighted by molar-refractivity contribution is 6.12. The predicted molar refractivity (Wildman–Crippen MR) is 141 cm³/mol. The van der Waals surface area contributed by atoms with E-state index < -0.39 is 23.3 Å². The molecule has 0 saturated carbocycles. The van der Waals surface area contributed by atoms with Crippen molar-refractivity contribution in [1.29, 1.82) is 0 Å². The summed E-state index contributed by atoms with van der Waals surface area (Å²) in [5.74, 6) is -0.850. The van der Waals surface area contributed by atoms with Crippen LogP contribution in [0.25, 0.3) is 6.08 Å². The Labute approximate surface area is 212 Å². The fourth-order valence-corrected chi connectivity index (χ4v) is 3.82. The van der Waals surface area contributed by atoms with E-state index in [4.69, 9.17) is 4.42 Å². The van der Waals surface area contributed by atoms with Gasteiger partial charge in [-0.15, -0.1) is 0 Å². The van der Waals surface area contributed by atoms with E-state index in [1.165, 1.54) is 44.2 Å². The van der Waals surface area contributed by atoms with Crippen LogP contribution in [-0.4, -0.2) is 24.1 Å². The van der Waals surface area contributed by atoms with E-state index in [9.17, 15) is 19.5 Å². The van der Waals surface area contributed by atoms with Crippen LogP contribution in [0.5, 0.6) is 5.75 Å². The molecule has 1 atom stereocenters. The second-order valence-electron chi connectivity index (χ2n) is 8.93. The topological polar surface area (TPSA) is 106 Å². The summed E-state index contributed by atoms with van der Waals surface area (Å²) in [5, 5.41) is 12.9. The molecule has 7 heteroatoms. The van der Waals surface area contributed by atoms with Crippen LogP contribution in [0.1, 0.15) is 92.5 Å². The van der Waals surface area contributed by atoms with Gasteiger partial charge < -0.3 is 14.3 Å². The first-order valence-electron chi connectivity index (χ1n) is 12.4. The SMILES string of the molecule is CCCCCCc1cccc(/C=C(\C)C(=O)c2c(O)cc(C(C)CC/C=C/NC(=O)OC)oc2=O)c1. The van der Waals surface area contributed by atoms with E-state index in [1.807, 2.05) is 25.1 Å². The maximum atomic E-state index is 13.0. The highest BCUT2D eigenvalue weighted by Crippen LogP contribution is 2.26. The van der Waals surface area contributed by atoms with Crippen molar-refractivity contribution in [3.05, 3.63) is 81.1 Å². The van der Waals surface area contributed by atoms with Gasteiger partial charge >= 0.3 is 11.7 Å². The number of hydrogen-bond donors (Lipinski definition) is 2. The number of aromatic hydroxyl groups is 1.